The van der Waals surface area contributed by atoms with Gasteiger partial charge in [0.2, 0.25) is 5.91 Å². The van der Waals surface area contributed by atoms with Crippen LogP contribution in [-0.2, 0) is 4.79 Å². The van der Waals surface area contributed by atoms with Gasteiger partial charge in [-0.05, 0) is 42.3 Å². The van der Waals surface area contributed by atoms with Crippen LogP contribution in [0.2, 0.25) is 0 Å². The summed E-state index contributed by atoms with van der Waals surface area (Å²) in [6.07, 6.45) is 19.4. The average molecular weight is 451 g/mol. The molecule has 0 heterocycles. The molecule has 4 nitrogen and oxygen atoms in total. The standard InChI is InChI=1S/C29H42N2O2/c1-2-3-4-5-6-7-8-9-10-11-12-15-24-30-27-16-13-14-17-28(27)31-29(33)23-20-25-18-21-26(32)22-19-25/h13-14,16-23,30,32H,2-12,15,24H2,1H3,(H,31,33)/b23-20+. The Hall–Kier alpha value is -2.75. The van der Waals surface area contributed by atoms with Gasteiger partial charge in [0.1, 0.15) is 5.75 Å². The second-order valence-corrected chi connectivity index (χ2v) is 8.78. The molecular formula is C29H42N2O2. The van der Waals surface area contributed by atoms with Crippen LogP contribution in [0.3, 0.4) is 0 Å². The number of amides is 1. The van der Waals surface area contributed by atoms with E-state index in [-0.39, 0.29) is 11.7 Å². The van der Waals surface area contributed by atoms with Crippen LogP contribution in [-0.4, -0.2) is 17.6 Å². The quantitative estimate of drug-likeness (QED) is 0.168. The maximum Gasteiger partial charge on any atom is 0.248 e. The predicted molar refractivity (Wildman–Crippen MR) is 142 cm³/mol. The fourth-order valence-corrected chi connectivity index (χ4v) is 3.87. The van der Waals surface area contributed by atoms with Gasteiger partial charge in [-0.25, -0.2) is 0 Å². The Morgan fingerprint density at radius 2 is 1.30 bits per heavy atom. The molecule has 1 amide bonds. The maximum atomic E-state index is 12.3. The molecule has 0 saturated heterocycles. The summed E-state index contributed by atoms with van der Waals surface area (Å²) in [5.74, 6) is 0.0347. The van der Waals surface area contributed by atoms with E-state index in [0.717, 1.165) is 29.9 Å². The molecule has 4 heteroatoms. The number of aromatic hydroxyl groups is 1. The van der Waals surface area contributed by atoms with E-state index in [1.165, 1.54) is 76.7 Å². The molecule has 0 radical (unpaired) electrons. The molecule has 0 aliphatic carbocycles. The SMILES string of the molecule is CCCCCCCCCCCCCCNc1ccccc1NC(=O)/C=C/c1ccc(O)cc1. The number of phenols is 1. The topological polar surface area (TPSA) is 61.4 Å². The Balaban J connectivity index is 1.59. The Bertz CT molecular complexity index is 815. The Morgan fingerprint density at radius 1 is 0.758 bits per heavy atom. The molecule has 0 spiro atoms. The molecule has 0 bridgehead atoms. The third kappa shape index (κ3) is 12.2. The highest BCUT2D eigenvalue weighted by Crippen LogP contribution is 2.21. The van der Waals surface area contributed by atoms with Crippen molar-refractivity contribution in [3.05, 3.63) is 60.2 Å². The summed E-state index contributed by atoms with van der Waals surface area (Å²) in [6.45, 7) is 3.18. The molecule has 2 aromatic rings. The molecule has 0 aliphatic rings. The highest BCUT2D eigenvalue weighted by atomic mass is 16.3. The Labute approximate surface area is 200 Å². The Morgan fingerprint density at radius 3 is 1.91 bits per heavy atom. The van der Waals surface area contributed by atoms with Gasteiger partial charge in [0, 0.05) is 12.6 Å². The average Bonchev–Trinajstić information content (AvgIpc) is 2.82. The second-order valence-electron chi connectivity index (χ2n) is 8.78. The second kappa shape index (κ2) is 16.8. The first-order valence-corrected chi connectivity index (χ1v) is 12.8. The van der Waals surface area contributed by atoms with Crippen LogP contribution < -0.4 is 10.6 Å². The molecule has 0 unspecified atom stereocenters. The predicted octanol–water partition coefficient (Wildman–Crippen LogP) is 8.16. The van der Waals surface area contributed by atoms with Crippen molar-refractivity contribution in [3.63, 3.8) is 0 Å². The van der Waals surface area contributed by atoms with Crippen LogP contribution in [0.25, 0.3) is 6.08 Å². The summed E-state index contributed by atoms with van der Waals surface area (Å²) in [4.78, 5) is 12.3. The van der Waals surface area contributed by atoms with Crippen LogP contribution in [0.4, 0.5) is 11.4 Å². The van der Waals surface area contributed by atoms with Crippen molar-refractivity contribution >= 4 is 23.4 Å². The number of unbranched alkanes of at least 4 members (excludes halogenated alkanes) is 11. The first-order valence-electron chi connectivity index (χ1n) is 12.8. The molecule has 0 aliphatic heterocycles. The van der Waals surface area contributed by atoms with Crippen molar-refractivity contribution in [1.82, 2.24) is 0 Å². The fraction of sp³-hybridized carbons (Fsp3) is 0.483. The van der Waals surface area contributed by atoms with Gasteiger partial charge < -0.3 is 15.7 Å². The minimum Gasteiger partial charge on any atom is -0.508 e. The minimum atomic E-state index is -0.178. The molecule has 0 aromatic heterocycles. The zero-order chi connectivity index (χ0) is 23.6. The van der Waals surface area contributed by atoms with E-state index >= 15 is 0 Å². The van der Waals surface area contributed by atoms with Gasteiger partial charge in [0.05, 0.1) is 11.4 Å². The summed E-state index contributed by atoms with van der Waals surface area (Å²) < 4.78 is 0. The number of phenolic OH excluding ortho intramolecular Hbond substituents is 1. The van der Waals surface area contributed by atoms with Gasteiger partial charge >= 0.3 is 0 Å². The number of carbonyl (C=O) groups excluding carboxylic acids is 1. The highest BCUT2D eigenvalue weighted by Gasteiger charge is 2.04. The molecular weight excluding hydrogens is 408 g/mol. The molecule has 0 atom stereocenters. The van der Waals surface area contributed by atoms with E-state index in [0.29, 0.717) is 0 Å². The van der Waals surface area contributed by atoms with Crippen molar-refractivity contribution in [1.29, 1.82) is 0 Å². The van der Waals surface area contributed by atoms with E-state index in [1.54, 1.807) is 30.3 Å². The van der Waals surface area contributed by atoms with Crippen LogP contribution in [0, 0.1) is 0 Å². The summed E-state index contributed by atoms with van der Waals surface area (Å²) >= 11 is 0. The fourth-order valence-electron chi connectivity index (χ4n) is 3.87. The molecule has 0 saturated carbocycles. The van der Waals surface area contributed by atoms with Gasteiger partial charge in [0.15, 0.2) is 0 Å². The lowest BCUT2D eigenvalue weighted by atomic mass is 10.1. The first-order chi connectivity index (χ1) is 16.2. The number of benzene rings is 2. The number of rotatable bonds is 17. The molecule has 33 heavy (non-hydrogen) atoms. The van der Waals surface area contributed by atoms with Crippen molar-refractivity contribution < 1.29 is 9.90 Å². The summed E-state index contributed by atoms with van der Waals surface area (Å²) in [5.41, 5.74) is 2.60. The monoisotopic (exact) mass is 450 g/mol. The van der Waals surface area contributed by atoms with Crippen LogP contribution in [0.5, 0.6) is 5.75 Å². The van der Waals surface area contributed by atoms with Gasteiger partial charge in [-0.15, -0.1) is 0 Å². The largest absolute Gasteiger partial charge is 0.508 e. The zero-order valence-corrected chi connectivity index (χ0v) is 20.3. The minimum absolute atomic E-state index is 0.178. The van der Waals surface area contributed by atoms with E-state index in [2.05, 4.69) is 17.6 Å². The number of anilines is 2. The van der Waals surface area contributed by atoms with Crippen molar-refractivity contribution in [2.24, 2.45) is 0 Å². The number of hydrogen-bond donors (Lipinski definition) is 3. The normalized spacial score (nSPS) is 11.1. The third-order valence-corrected chi connectivity index (χ3v) is 5.85. The van der Waals surface area contributed by atoms with Crippen LogP contribution >= 0.6 is 0 Å². The third-order valence-electron chi connectivity index (χ3n) is 5.85. The van der Waals surface area contributed by atoms with Gasteiger partial charge in [0.25, 0.3) is 0 Å². The van der Waals surface area contributed by atoms with Gasteiger partial charge in [-0.3, -0.25) is 4.79 Å². The number of carbonyl (C=O) groups is 1. The molecule has 2 aromatic carbocycles. The lowest BCUT2D eigenvalue weighted by Crippen LogP contribution is -2.11. The van der Waals surface area contributed by atoms with Crippen molar-refractivity contribution in [3.8, 4) is 5.75 Å². The summed E-state index contributed by atoms with van der Waals surface area (Å²) in [5, 5.41) is 15.8. The van der Waals surface area contributed by atoms with Crippen LogP contribution in [0.15, 0.2) is 54.6 Å². The van der Waals surface area contributed by atoms with Crippen molar-refractivity contribution in [2.75, 3.05) is 17.2 Å². The number of hydrogen-bond acceptors (Lipinski definition) is 3. The Kier molecular flexibility index (Phi) is 13.5. The highest BCUT2D eigenvalue weighted by molar-refractivity contribution is 6.03. The van der Waals surface area contributed by atoms with E-state index < -0.39 is 0 Å². The van der Waals surface area contributed by atoms with E-state index in [1.807, 2.05) is 24.3 Å². The lowest BCUT2D eigenvalue weighted by Gasteiger charge is -2.12. The molecule has 0 fully saturated rings. The summed E-state index contributed by atoms with van der Waals surface area (Å²) in [7, 11) is 0. The van der Waals surface area contributed by atoms with Crippen LogP contribution in [0.1, 0.15) is 89.5 Å². The number of nitrogens with one attached hydrogen (secondary N) is 2. The maximum absolute atomic E-state index is 12.3. The van der Waals surface area contributed by atoms with Gasteiger partial charge in [-0.1, -0.05) is 102 Å². The van der Waals surface area contributed by atoms with Gasteiger partial charge in [-0.2, -0.15) is 0 Å². The number of para-hydroxylation sites is 2. The molecule has 2 rings (SSSR count). The smallest absolute Gasteiger partial charge is 0.248 e. The first kappa shape index (κ1) is 26.5. The van der Waals surface area contributed by atoms with E-state index in [9.17, 15) is 9.90 Å². The van der Waals surface area contributed by atoms with Crippen molar-refractivity contribution in [2.45, 2.75) is 84.0 Å². The van der Waals surface area contributed by atoms with E-state index in [4.69, 9.17) is 0 Å². The summed E-state index contributed by atoms with van der Waals surface area (Å²) in [6, 6.07) is 14.6. The zero-order valence-electron chi connectivity index (χ0n) is 20.3. The molecule has 3 N–H and O–H groups in total. The lowest BCUT2D eigenvalue weighted by molar-refractivity contribution is -0.111. The molecule has 180 valence electrons.